The van der Waals surface area contributed by atoms with Crippen LogP contribution in [0.15, 0.2) is 84.9 Å². The summed E-state index contributed by atoms with van der Waals surface area (Å²) in [6.07, 6.45) is 0. The summed E-state index contributed by atoms with van der Waals surface area (Å²) in [5.41, 5.74) is 2.88. The summed E-state index contributed by atoms with van der Waals surface area (Å²) in [6.45, 7) is 0.0805. The molecule has 0 radical (unpaired) electrons. The van der Waals surface area contributed by atoms with Crippen LogP contribution in [0.1, 0.15) is 21.5 Å². The highest BCUT2D eigenvalue weighted by molar-refractivity contribution is 6.09. The third-order valence-electron chi connectivity index (χ3n) is 4.89. The molecule has 29 heavy (non-hydrogen) atoms. The highest BCUT2D eigenvalue weighted by Gasteiger charge is 2.20. The van der Waals surface area contributed by atoms with E-state index in [4.69, 9.17) is 4.74 Å². The van der Waals surface area contributed by atoms with E-state index in [1.807, 2.05) is 78.9 Å². The van der Waals surface area contributed by atoms with E-state index in [1.165, 1.54) is 0 Å². The van der Waals surface area contributed by atoms with Gasteiger partial charge in [-0.3, -0.25) is 0 Å². The van der Waals surface area contributed by atoms with E-state index in [0.717, 1.165) is 21.9 Å². The summed E-state index contributed by atoms with van der Waals surface area (Å²) in [7, 11) is 0. The predicted molar refractivity (Wildman–Crippen MR) is 113 cm³/mol. The third-order valence-corrected chi connectivity index (χ3v) is 4.89. The van der Waals surface area contributed by atoms with Crippen LogP contribution in [-0.4, -0.2) is 16.2 Å². The Morgan fingerprint density at radius 2 is 1.62 bits per heavy atom. The van der Waals surface area contributed by atoms with Crippen LogP contribution in [0.4, 0.5) is 0 Å². The Hall–Kier alpha value is -3.63. The first-order valence-corrected chi connectivity index (χ1v) is 9.33. The number of hydrogen-bond donors (Lipinski definition) is 2. The molecule has 0 aliphatic heterocycles. The van der Waals surface area contributed by atoms with E-state index in [-0.39, 0.29) is 12.2 Å². The number of aromatic carboxylic acids is 1. The van der Waals surface area contributed by atoms with Crippen LogP contribution in [0.3, 0.4) is 0 Å². The van der Waals surface area contributed by atoms with E-state index in [9.17, 15) is 15.0 Å². The second-order valence-electron chi connectivity index (χ2n) is 6.77. The van der Waals surface area contributed by atoms with Crippen LogP contribution in [0.25, 0.3) is 21.9 Å². The van der Waals surface area contributed by atoms with Crippen molar-refractivity contribution < 1.29 is 19.7 Å². The van der Waals surface area contributed by atoms with Crippen LogP contribution in [-0.2, 0) is 13.2 Å². The van der Waals surface area contributed by atoms with Crippen molar-refractivity contribution in [3.05, 3.63) is 102 Å². The molecule has 4 rings (SSSR count). The molecule has 0 heterocycles. The summed E-state index contributed by atoms with van der Waals surface area (Å²) >= 11 is 0. The second kappa shape index (κ2) is 8.17. The second-order valence-corrected chi connectivity index (χ2v) is 6.77. The lowest BCUT2D eigenvalue weighted by molar-refractivity contribution is 0.0694. The molecule has 0 saturated carbocycles. The van der Waals surface area contributed by atoms with Gasteiger partial charge < -0.3 is 14.9 Å². The van der Waals surface area contributed by atoms with Gasteiger partial charge in [0.2, 0.25) is 0 Å². The van der Waals surface area contributed by atoms with Gasteiger partial charge in [0.25, 0.3) is 0 Å². The molecule has 4 aromatic carbocycles. The number of aliphatic hydroxyl groups excluding tert-OH is 1. The molecular formula is C25H20O4. The average molecular weight is 384 g/mol. The fourth-order valence-corrected chi connectivity index (χ4v) is 3.56. The number of ether oxygens (including phenoxy) is 1. The van der Waals surface area contributed by atoms with E-state index >= 15 is 0 Å². The number of fused-ring (bicyclic) bond motifs is 1. The Bertz CT molecular complexity index is 1170. The van der Waals surface area contributed by atoms with Gasteiger partial charge in [-0.2, -0.15) is 0 Å². The van der Waals surface area contributed by atoms with Gasteiger partial charge in [0.05, 0.1) is 12.2 Å². The number of carboxylic acids is 1. The van der Waals surface area contributed by atoms with Crippen molar-refractivity contribution >= 4 is 16.7 Å². The maximum Gasteiger partial charge on any atom is 0.336 e. The molecule has 0 atom stereocenters. The molecule has 0 spiro atoms. The van der Waals surface area contributed by atoms with Gasteiger partial charge in [0.1, 0.15) is 12.4 Å². The summed E-state index contributed by atoms with van der Waals surface area (Å²) in [5, 5.41) is 21.4. The van der Waals surface area contributed by atoms with Gasteiger partial charge in [-0.05, 0) is 45.7 Å². The number of aliphatic hydroxyl groups is 1. The number of carbonyl (C=O) groups is 1. The molecule has 144 valence electrons. The van der Waals surface area contributed by atoms with Crippen molar-refractivity contribution in [3.8, 4) is 16.9 Å². The Morgan fingerprint density at radius 1 is 0.862 bits per heavy atom. The molecule has 0 aromatic heterocycles. The van der Waals surface area contributed by atoms with Crippen molar-refractivity contribution in [1.82, 2.24) is 0 Å². The maximum absolute atomic E-state index is 12.1. The van der Waals surface area contributed by atoms with E-state index < -0.39 is 5.97 Å². The lowest BCUT2D eigenvalue weighted by Crippen LogP contribution is -2.06. The number of rotatable bonds is 6. The van der Waals surface area contributed by atoms with E-state index in [1.54, 1.807) is 6.07 Å². The molecule has 0 bridgehead atoms. The SMILES string of the molecule is O=C(O)c1c(CO)cc2ccccc2c1-c1cccc(OCc2ccccc2)c1. The highest BCUT2D eigenvalue weighted by atomic mass is 16.5. The molecule has 4 aromatic rings. The molecule has 4 nitrogen and oxygen atoms in total. The largest absolute Gasteiger partial charge is 0.489 e. The monoisotopic (exact) mass is 384 g/mol. The molecular weight excluding hydrogens is 364 g/mol. The Kier molecular flexibility index (Phi) is 5.27. The summed E-state index contributed by atoms with van der Waals surface area (Å²) < 4.78 is 5.93. The van der Waals surface area contributed by atoms with Gasteiger partial charge in [-0.1, -0.05) is 66.7 Å². The van der Waals surface area contributed by atoms with E-state index in [0.29, 0.717) is 23.5 Å². The van der Waals surface area contributed by atoms with Gasteiger partial charge >= 0.3 is 5.97 Å². The summed E-state index contributed by atoms with van der Waals surface area (Å²) in [6, 6.07) is 26.6. The predicted octanol–water partition coefficient (Wildman–Crippen LogP) is 5.28. The minimum Gasteiger partial charge on any atom is -0.489 e. The molecule has 0 amide bonds. The first-order chi connectivity index (χ1) is 14.2. The highest BCUT2D eigenvalue weighted by Crippen LogP contribution is 2.36. The van der Waals surface area contributed by atoms with Crippen molar-refractivity contribution in [2.75, 3.05) is 0 Å². The zero-order valence-corrected chi connectivity index (χ0v) is 15.7. The molecule has 4 heteroatoms. The minimum absolute atomic E-state index is 0.117. The smallest absolute Gasteiger partial charge is 0.336 e. The first-order valence-electron chi connectivity index (χ1n) is 9.33. The van der Waals surface area contributed by atoms with Crippen LogP contribution in [0.5, 0.6) is 5.75 Å². The fourth-order valence-electron chi connectivity index (χ4n) is 3.56. The fraction of sp³-hybridized carbons (Fsp3) is 0.0800. The van der Waals surface area contributed by atoms with Crippen LogP contribution in [0, 0.1) is 0 Å². The molecule has 0 fully saturated rings. The van der Waals surface area contributed by atoms with Gasteiger partial charge in [-0.25, -0.2) is 4.79 Å². The number of carboxylic acid groups (broad SMARTS) is 1. The van der Waals surface area contributed by atoms with E-state index in [2.05, 4.69) is 0 Å². The number of benzene rings is 4. The lowest BCUT2D eigenvalue weighted by Gasteiger charge is -2.16. The van der Waals surface area contributed by atoms with Crippen LogP contribution >= 0.6 is 0 Å². The summed E-state index contributed by atoms with van der Waals surface area (Å²) in [4.78, 5) is 12.1. The average Bonchev–Trinajstić information content (AvgIpc) is 2.77. The third kappa shape index (κ3) is 3.84. The van der Waals surface area contributed by atoms with Crippen molar-refractivity contribution in [2.45, 2.75) is 13.2 Å². The lowest BCUT2D eigenvalue weighted by atomic mass is 9.89. The minimum atomic E-state index is -1.06. The molecule has 0 unspecified atom stereocenters. The maximum atomic E-state index is 12.1. The standard InChI is InChI=1S/C25H20O4/c26-15-20-13-18-9-4-5-12-22(18)23(24(20)25(27)28)19-10-6-11-21(14-19)29-16-17-7-2-1-3-8-17/h1-14,26H,15-16H2,(H,27,28). The van der Waals surface area contributed by atoms with Crippen LogP contribution < -0.4 is 4.74 Å². The molecule has 0 saturated heterocycles. The van der Waals surface area contributed by atoms with Gasteiger partial charge in [0.15, 0.2) is 0 Å². The molecule has 0 aliphatic rings. The van der Waals surface area contributed by atoms with Crippen molar-refractivity contribution in [1.29, 1.82) is 0 Å². The quantitative estimate of drug-likeness (QED) is 0.475. The van der Waals surface area contributed by atoms with Crippen molar-refractivity contribution in [3.63, 3.8) is 0 Å². The Morgan fingerprint density at radius 3 is 2.38 bits per heavy atom. The molecule has 2 N–H and O–H groups in total. The molecule has 0 aliphatic carbocycles. The van der Waals surface area contributed by atoms with Gasteiger partial charge in [0, 0.05) is 5.56 Å². The first kappa shape index (κ1) is 18.7. The zero-order valence-electron chi connectivity index (χ0n) is 15.7. The Balaban J connectivity index is 1.82. The zero-order chi connectivity index (χ0) is 20.2. The summed E-state index contributed by atoms with van der Waals surface area (Å²) in [5.74, 6) is -0.411. The van der Waals surface area contributed by atoms with Crippen LogP contribution in [0.2, 0.25) is 0 Å². The Labute approximate surface area is 168 Å². The van der Waals surface area contributed by atoms with Gasteiger partial charge in [-0.15, -0.1) is 0 Å². The topological polar surface area (TPSA) is 66.8 Å². The van der Waals surface area contributed by atoms with Crippen molar-refractivity contribution in [2.24, 2.45) is 0 Å². The number of hydrogen-bond acceptors (Lipinski definition) is 3. The normalized spacial score (nSPS) is 10.8.